The van der Waals surface area contributed by atoms with Crippen molar-refractivity contribution in [2.24, 2.45) is 11.7 Å². The van der Waals surface area contributed by atoms with Gasteiger partial charge in [-0.15, -0.1) is 0 Å². The summed E-state index contributed by atoms with van der Waals surface area (Å²) in [4.78, 5) is 12.4. The minimum Gasteiger partial charge on any atom is -0.496 e. The summed E-state index contributed by atoms with van der Waals surface area (Å²) in [6.45, 7) is 0.804. The summed E-state index contributed by atoms with van der Waals surface area (Å²) < 4.78 is 58.6. The van der Waals surface area contributed by atoms with Crippen molar-refractivity contribution in [3.05, 3.63) is 65.0 Å². The molecule has 182 valence electrons. The van der Waals surface area contributed by atoms with Crippen molar-refractivity contribution in [3.63, 3.8) is 0 Å². The molecular weight excluding hydrogens is 454 g/mol. The Kier molecular flexibility index (Phi) is 7.45. The molecule has 0 aliphatic rings. The number of ether oxygens (including phenoxy) is 1. The molecule has 1 heterocycles. The van der Waals surface area contributed by atoms with E-state index in [1.54, 1.807) is 24.3 Å². The number of benzene rings is 2. The molecule has 34 heavy (non-hydrogen) atoms. The Morgan fingerprint density at radius 3 is 2.47 bits per heavy atom. The molecule has 7 nitrogen and oxygen atoms in total. The molecule has 5 N–H and O–H groups in total. The molecule has 0 bridgehead atoms. The van der Waals surface area contributed by atoms with Crippen LogP contribution >= 0.6 is 0 Å². The number of hydrogen-bond donors (Lipinski definition) is 3. The van der Waals surface area contributed by atoms with Gasteiger partial charge in [0.1, 0.15) is 17.4 Å². The summed E-state index contributed by atoms with van der Waals surface area (Å²) in [7, 11) is 1.39. The number of alkyl halides is 3. The van der Waals surface area contributed by atoms with Crippen LogP contribution in [0.5, 0.6) is 5.75 Å². The van der Waals surface area contributed by atoms with Crippen molar-refractivity contribution < 1.29 is 27.1 Å². The summed E-state index contributed by atoms with van der Waals surface area (Å²) in [6, 6.07) is 10.5. The molecule has 1 unspecified atom stereocenters. The first-order chi connectivity index (χ1) is 16.0. The molecule has 0 fully saturated rings. The van der Waals surface area contributed by atoms with Gasteiger partial charge in [-0.25, -0.2) is 9.07 Å². The van der Waals surface area contributed by atoms with E-state index in [1.807, 2.05) is 0 Å². The molecule has 0 spiro atoms. The van der Waals surface area contributed by atoms with Gasteiger partial charge in [0.25, 0.3) is 5.91 Å². The van der Waals surface area contributed by atoms with E-state index in [0.29, 0.717) is 16.8 Å². The number of carbonyl (C=O) groups excluding carboxylic acids is 1. The molecule has 0 aliphatic heterocycles. The maximum Gasteiger partial charge on any atom is 0.393 e. The Bertz CT molecular complexity index is 1160. The second-order valence-corrected chi connectivity index (χ2v) is 7.77. The Labute approximate surface area is 193 Å². The quantitative estimate of drug-likeness (QED) is 0.425. The number of nitrogen functional groups attached to an aromatic ring is 1. The van der Waals surface area contributed by atoms with Crippen LogP contribution in [0.1, 0.15) is 28.4 Å². The molecule has 2 aromatic carbocycles. The van der Waals surface area contributed by atoms with Gasteiger partial charge in [-0.2, -0.15) is 18.3 Å². The second-order valence-electron chi connectivity index (χ2n) is 7.77. The second kappa shape index (κ2) is 10.1. The van der Waals surface area contributed by atoms with E-state index in [2.05, 4.69) is 10.4 Å². The predicted octanol–water partition coefficient (Wildman–Crippen LogP) is 3.87. The van der Waals surface area contributed by atoms with Gasteiger partial charge in [0.2, 0.25) is 0 Å². The molecule has 0 radical (unpaired) electrons. The van der Waals surface area contributed by atoms with Gasteiger partial charge in [-0.05, 0) is 23.8 Å². The van der Waals surface area contributed by atoms with E-state index in [1.165, 1.54) is 19.2 Å². The van der Waals surface area contributed by atoms with Crippen LogP contribution in [0, 0.1) is 11.7 Å². The van der Waals surface area contributed by atoms with Crippen molar-refractivity contribution in [1.82, 2.24) is 15.1 Å². The SMILES string of the molecule is COc1ccc(F)cc1C(=O)NCc1ccc(-c2nn(CC(C)C(F)(F)F)c(N)c2CN)cc1. The van der Waals surface area contributed by atoms with Crippen LogP contribution in [0.2, 0.25) is 0 Å². The van der Waals surface area contributed by atoms with Crippen molar-refractivity contribution in [2.45, 2.75) is 32.7 Å². The van der Waals surface area contributed by atoms with E-state index in [0.717, 1.165) is 23.2 Å². The zero-order valence-electron chi connectivity index (χ0n) is 18.6. The average Bonchev–Trinajstić information content (AvgIpc) is 3.12. The highest BCUT2D eigenvalue weighted by Gasteiger charge is 2.37. The predicted molar refractivity (Wildman–Crippen MR) is 119 cm³/mol. The smallest absolute Gasteiger partial charge is 0.393 e. The van der Waals surface area contributed by atoms with Gasteiger partial charge >= 0.3 is 6.18 Å². The fraction of sp³-hybridized carbons (Fsp3) is 0.304. The zero-order valence-corrected chi connectivity index (χ0v) is 18.6. The lowest BCUT2D eigenvalue weighted by Crippen LogP contribution is -2.25. The van der Waals surface area contributed by atoms with Gasteiger partial charge in [0, 0.05) is 24.2 Å². The number of carbonyl (C=O) groups is 1. The number of aromatic nitrogens is 2. The first-order valence-corrected chi connectivity index (χ1v) is 10.4. The first-order valence-electron chi connectivity index (χ1n) is 10.4. The lowest BCUT2D eigenvalue weighted by molar-refractivity contribution is -0.173. The fourth-order valence-electron chi connectivity index (χ4n) is 3.36. The Morgan fingerprint density at radius 2 is 1.88 bits per heavy atom. The minimum atomic E-state index is -4.37. The number of hydrogen-bond acceptors (Lipinski definition) is 5. The first kappa shape index (κ1) is 25.0. The highest BCUT2D eigenvalue weighted by atomic mass is 19.4. The molecule has 1 amide bonds. The van der Waals surface area contributed by atoms with Crippen molar-refractivity contribution >= 4 is 11.7 Å². The fourth-order valence-corrected chi connectivity index (χ4v) is 3.36. The summed E-state index contributed by atoms with van der Waals surface area (Å²) in [5.74, 6) is -2.35. The van der Waals surface area contributed by atoms with Gasteiger partial charge in [-0.3, -0.25) is 4.79 Å². The third-order valence-electron chi connectivity index (χ3n) is 5.39. The van der Waals surface area contributed by atoms with Crippen molar-refractivity contribution in [3.8, 4) is 17.0 Å². The Balaban J connectivity index is 1.75. The molecule has 1 atom stereocenters. The number of anilines is 1. The Hall–Kier alpha value is -3.60. The molecule has 0 saturated heterocycles. The molecule has 1 aromatic heterocycles. The number of halogens is 4. The van der Waals surface area contributed by atoms with Gasteiger partial charge in [0.15, 0.2) is 0 Å². The van der Waals surface area contributed by atoms with Crippen molar-refractivity contribution in [2.75, 3.05) is 12.8 Å². The number of nitrogens with two attached hydrogens (primary N) is 2. The third-order valence-corrected chi connectivity index (χ3v) is 5.39. The number of nitrogens with zero attached hydrogens (tertiary/aromatic N) is 2. The van der Waals surface area contributed by atoms with Crippen LogP contribution in [0.15, 0.2) is 42.5 Å². The summed E-state index contributed by atoms with van der Waals surface area (Å²) in [6.07, 6.45) is -4.37. The highest BCUT2D eigenvalue weighted by molar-refractivity contribution is 5.96. The van der Waals surface area contributed by atoms with E-state index < -0.39 is 30.4 Å². The van der Waals surface area contributed by atoms with Crippen LogP contribution in [-0.2, 0) is 19.6 Å². The van der Waals surface area contributed by atoms with Gasteiger partial charge < -0.3 is 21.5 Å². The zero-order chi connectivity index (χ0) is 25.0. The molecule has 0 saturated carbocycles. The van der Waals surface area contributed by atoms with Crippen LogP contribution in [0.4, 0.5) is 23.4 Å². The van der Waals surface area contributed by atoms with Crippen LogP contribution in [0.3, 0.4) is 0 Å². The van der Waals surface area contributed by atoms with Crippen molar-refractivity contribution in [1.29, 1.82) is 0 Å². The third kappa shape index (κ3) is 5.48. The largest absolute Gasteiger partial charge is 0.496 e. The number of nitrogens with one attached hydrogen (secondary N) is 1. The van der Waals surface area contributed by atoms with Crippen LogP contribution < -0.4 is 21.5 Å². The topological polar surface area (TPSA) is 108 Å². The minimum absolute atomic E-state index is 0.00877. The molecule has 11 heteroatoms. The maximum absolute atomic E-state index is 13.5. The molecule has 3 aromatic rings. The van der Waals surface area contributed by atoms with Crippen LogP contribution in [-0.4, -0.2) is 29.0 Å². The summed E-state index contributed by atoms with van der Waals surface area (Å²) in [5, 5.41) is 6.96. The summed E-state index contributed by atoms with van der Waals surface area (Å²) in [5.41, 5.74) is 14.1. The maximum atomic E-state index is 13.5. The van der Waals surface area contributed by atoms with E-state index >= 15 is 0 Å². The van der Waals surface area contributed by atoms with E-state index in [-0.39, 0.29) is 30.2 Å². The average molecular weight is 479 g/mol. The normalized spacial score (nSPS) is 12.4. The monoisotopic (exact) mass is 479 g/mol. The molecular formula is C23H25F4N5O2. The number of rotatable bonds is 8. The van der Waals surface area contributed by atoms with E-state index in [4.69, 9.17) is 16.2 Å². The molecule has 0 aliphatic carbocycles. The highest BCUT2D eigenvalue weighted by Crippen LogP contribution is 2.31. The number of amides is 1. The van der Waals surface area contributed by atoms with Gasteiger partial charge in [-0.1, -0.05) is 31.2 Å². The van der Waals surface area contributed by atoms with E-state index in [9.17, 15) is 22.4 Å². The lowest BCUT2D eigenvalue weighted by atomic mass is 10.1. The summed E-state index contributed by atoms with van der Waals surface area (Å²) >= 11 is 0. The Morgan fingerprint density at radius 1 is 1.21 bits per heavy atom. The van der Waals surface area contributed by atoms with Gasteiger partial charge in [0.05, 0.1) is 30.8 Å². The molecule has 3 rings (SSSR count). The lowest BCUT2D eigenvalue weighted by Gasteiger charge is -2.16. The van der Waals surface area contributed by atoms with Crippen LogP contribution in [0.25, 0.3) is 11.3 Å². The number of methoxy groups -OCH3 is 1. The standard InChI is InChI=1S/C23H25F4N5O2/c1-13(23(25,26)27)12-32-21(29)18(10-28)20(31-32)15-5-3-14(4-6-15)11-30-22(33)17-9-16(24)7-8-19(17)34-2/h3-9,13H,10-12,28-29H2,1-2H3,(H,30,33).